The van der Waals surface area contributed by atoms with E-state index in [9.17, 15) is 8.42 Å². The number of sulfonamides is 1. The molecule has 0 amide bonds. The summed E-state index contributed by atoms with van der Waals surface area (Å²) in [4.78, 5) is 0.115. The van der Waals surface area contributed by atoms with E-state index in [4.69, 9.17) is 17.3 Å². The normalized spacial score (nSPS) is 23.8. The molecule has 1 aliphatic rings. The zero-order valence-corrected chi connectivity index (χ0v) is 14.1. The summed E-state index contributed by atoms with van der Waals surface area (Å²) in [7, 11) is -3.61. The molecule has 1 aromatic carbocycles. The lowest BCUT2D eigenvalue weighted by Crippen LogP contribution is -2.44. The first-order valence-corrected chi connectivity index (χ1v) is 9.27. The van der Waals surface area contributed by atoms with Crippen molar-refractivity contribution in [3.8, 4) is 0 Å². The Bertz CT molecular complexity index is 580. The van der Waals surface area contributed by atoms with E-state index in [2.05, 4.69) is 20.7 Å². The van der Waals surface area contributed by atoms with Crippen LogP contribution in [0.4, 0.5) is 0 Å². The fourth-order valence-corrected chi connectivity index (χ4v) is 4.98. The minimum absolute atomic E-state index is 0.0986. The number of benzene rings is 1. The van der Waals surface area contributed by atoms with E-state index in [0.29, 0.717) is 6.54 Å². The zero-order chi connectivity index (χ0) is 14.8. The molecule has 2 unspecified atom stereocenters. The second kappa shape index (κ2) is 6.75. The molecule has 0 spiro atoms. The van der Waals surface area contributed by atoms with Gasteiger partial charge in [-0.05, 0) is 43.5 Å². The molecule has 2 rings (SSSR count). The van der Waals surface area contributed by atoms with Gasteiger partial charge in [0.1, 0.15) is 4.90 Å². The van der Waals surface area contributed by atoms with Gasteiger partial charge in [0, 0.05) is 10.5 Å². The van der Waals surface area contributed by atoms with Gasteiger partial charge in [-0.15, -0.1) is 0 Å². The number of rotatable bonds is 4. The summed E-state index contributed by atoms with van der Waals surface area (Å²) in [6.07, 6.45) is 3.93. The average molecular weight is 382 g/mol. The topological polar surface area (TPSA) is 72.2 Å². The van der Waals surface area contributed by atoms with Gasteiger partial charge in [0.05, 0.1) is 5.02 Å². The molecule has 0 radical (unpaired) electrons. The molecule has 3 N–H and O–H groups in total. The molecular weight excluding hydrogens is 364 g/mol. The molecule has 7 heteroatoms. The van der Waals surface area contributed by atoms with Gasteiger partial charge in [-0.2, -0.15) is 0 Å². The number of hydrogen-bond donors (Lipinski definition) is 2. The van der Waals surface area contributed by atoms with Crippen LogP contribution in [0, 0.1) is 5.92 Å². The van der Waals surface area contributed by atoms with Crippen molar-refractivity contribution in [2.75, 3.05) is 6.54 Å². The van der Waals surface area contributed by atoms with E-state index in [1.165, 1.54) is 6.07 Å². The van der Waals surface area contributed by atoms with E-state index in [-0.39, 0.29) is 21.9 Å². The van der Waals surface area contributed by atoms with E-state index < -0.39 is 10.0 Å². The van der Waals surface area contributed by atoms with E-state index in [1.807, 2.05) is 0 Å². The van der Waals surface area contributed by atoms with Crippen molar-refractivity contribution in [3.63, 3.8) is 0 Å². The van der Waals surface area contributed by atoms with Crippen LogP contribution in [0.1, 0.15) is 25.7 Å². The third-order valence-electron chi connectivity index (χ3n) is 3.70. The Morgan fingerprint density at radius 3 is 2.70 bits per heavy atom. The van der Waals surface area contributed by atoms with Crippen LogP contribution >= 0.6 is 27.5 Å². The summed E-state index contributed by atoms with van der Waals surface area (Å²) in [6.45, 7) is 0.501. The van der Waals surface area contributed by atoms with Crippen LogP contribution in [0.5, 0.6) is 0 Å². The third kappa shape index (κ3) is 3.74. The van der Waals surface area contributed by atoms with Crippen molar-refractivity contribution < 1.29 is 8.42 Å². The van der Waals surface area contributed by atoms with Crippen molar-refractivity contribution in [2.24, 2.45) is 11.7 Å². The Labute approximate surface area is 133 Å². The third-order valence-corrected chi connectivity index (χ3v) is 6.17. The fourth-order valence-electron chi connectivity index (χ4n) is 2.60. The van der Waals surface area contributed by atoms with Gasteiger partial charge in [0.2, 0.25) is 10.0 Å². The van der Waals surface area contributed by atoms with Gasteiger partial charge in [-0.1, -0.05) is 40.4 Å². The lowest BCUT2D eigenvalue weighted by Gasteiger charge is -2.31. The molecule has 1 aliphatic carbocycles. The van der Waals surface area contributed by atoms with Gasteiger partial charge < -0.3 is 5.73 Å². The molecule has 1 fully saturated rings. The molecule has 2 atom stereocenters. The Morgan fingerprint density at radius 1 is 1.35 bits per heavy atom. The maximum absolute atomic E-state index is 12.4. The molecule has 0 aliphatic heterocycles. The monoisotopic (exact) mass is 380 g/mol. The van der Waals surface area contributed by atoms with Gasteiger partial charge in [0.15, 0.2) is 0 Å². The molecule has 0 heterocycles. The van der Waals surface area contributed by atoms with E-state index >= 15 is 0 Å². The summed E-state index contributed by atoms with van der Waals surface area (Å²) in [5.74, 6) is 0.202. The predicted molar refractivity (Wildman–Crippen MR) is 84.3 cm³/mol. The second-order valence-corrected chi connectivity index (χ2v) is 8.09. The van der Waals surface area contributed by atoms with Gasteiger partial charge >= 0.3 is 0 Å². The summed E-state index contributed by atoms with van der Waals surface area (Å²) >= 11 is 9.29. The highest BCUT2D eigenvalue weighted by atomic mass is 79.9. The Balaban J connectivity index is 2.22. The number of hydrogen-bond acceptors (Lipinski definition) is 3. The molecule has 4 nitrogen and oxygen atoms in total. The predicted octanol–water partition coefficient (Wildman–Crippen LogP) is 2.90. The molecule has 1 saturated carbocycles. The first kappa shape index (κ1) is 16.2. The standard InChI is InChI=1S/C13H18BrClN2O2S/c14-10-5-6-13(11(15)7-10)20(18,19)17-12-4-2-1-3-9(12)8-16/h5-7,9,12,17H,1-4,8,16H2. The van der Waals surface area contributed by atoms with Crippen molar-refractivity contribution in [1.29, 1.82) is 0 Å². The van der Waals surface area contributed by atoms with Crippen LogP contribution in [0.15, 0.2) is 27.6 Å². The van der Waals surface area contributed by atoms with Crippen LogP contribution in [0.2, 0.25) is 5.02 Å². The summed E-state index contributed by atoms with van der Waals surface area (Å²) in [5.41, 5.74) is 5.73. The molecule has 0 bridgehead atoms. The zero-order valence-electron chi connectivity index (χ0n) is 11.0. The smallest absolute Gasteiger partial charge is 0.242 e. The van der Waals surface area contributed by atoms with Gasteiger partial charge in [0.25, 0.3) is 0 Å². The minimum atomic E-state index is -3.61. The van der Waals surface area contributed by atoms with Crippen molar-refractivity contribution >= 4 is 37.6 Å². The van der Waals surface area contributed by atoms with Crippen LogP contribution < -0.4 is 10.5 Å². The molecule has 1 aromatic rings. The number of nitrogens with two attached hydrogens (primary N) is 1. The SMILES string of the molecule is NCC1CCCCC1NS(=O)(=O)c1ccc(Br)cc1Cl. The maximum Gasteiger partial charge on any atom is 0.242 e. The van der Waals surface area contributed by atoms with Crippen molar-refractivity contribution in [2.45, 2.75) is 36.6 Å². The lowest BCUT2D eigenvalue weighted by atomic mass is 9.85. The van der Waals surface area contributed by atoms with Crippen LogP contribution in [0.25, 0.3) is 0 Å². The lowest BCUT2D eigenvalue weighted by molar-refractivity contribution is 0.296. The molecule has 112 valence electrons. The number of nitrogens with one attached hydrogen (secondary N) is 1. The Morgan fingerprint density at radius 2 is 2.05 bits per heavy atom. The maximum atomic E-state index is 12.4. The summed E-state index contributed by atoms with van der Waals surface area (Å²) in [6, 6.07) is 4.66. The first-order valence-electron chi connectivity index (χ1n) is 6.61. The van der Waals surface area contributed by atoms with Crippen LogP contribution in [0.3, 0.4) is 0 Å². The fraction of sp³-hybridized carbons (Fsp3) is 0.538. The minimum Gasteiger partial charge on any atom is -0.330 e. The highest BCUT2D eigenvalue weighted by molar-refractivity contribution is 9.10. The Kier molecular flexibility index (Phi) is 5.48. The van der Waals surface area contributed by atoms with Gasteiger partial charge in [-0.25, -0.2) is 13.1 Å². The van der Waals surface area contributed by atoms with Crippen LogP contribution in [-0.2, 0) is 10.0 Å². The van der Waals surface area contributed by atoms with E-state index in [0.717, 1.165) is 30.2 Å². The quantitative estimate of drug-likeness (QED) is 0.842. The molecule has 20 heavy (non-hydrogen) atoms. The van der Waals surface area contributed by atoms with Crippen molar-refractivity contribution in [3.05, 3.63) is 27.7 Å². The molecule has 0 saturated heterocycles. The first-order chi connectivity index (χ1) is 9.44. The van der Waals surface area contributed by atoms with Gasteiger partial charge in [-0.3, -0.25) is 0 Å². The van der Waals surface area contributed by atoms with Crippen LogP contribution in [-0.4, -0.2) is 21.0 Å². The second-order valence-electron chi connectivity index (χ2n) is 5.08. The summed E-state index contributed by atoms with van der Waals surface area (Å²) in [5, 5.41) is 0.215. The largest absolute Gasteiger partial charge is 0.330 e. The number of halogens is 2. The molecular formula is C13H18BrClN2O2S. The highest BCUT2D eigenvalue weighted by Crippen LogP contribution is 2.28. The summed E-state index contributed by atoms with van der Waals surface area (Å²) < 4.78 is 28.4. The highest BCUT2D eigenvalue weighted by Gasteiger charge is 2.29. The van der Waals surface area contributed by atoms with E-state index in [1.54, 1.807) is 12.1 Å². The molecule has 0 aromatic heterocycles. The van der Waals surface area contributed by atoms with Crippen molar-refractivity contribution in [1.82, 2.24) is 4.72 Å². The average Bonchev–Trinajstić information content (AvgIpc) is 2.38. The Hall–Kier alpha value is -0.140.